The lowest BCUT2D eigenvalue weighted by atomic mass is 10.0. The van der Waals surface area contributed by atoms with E-state index in [-0.39, 0.29) is 5.82 Å². The maximum atomic E-state index is 12.9. The van der Waals surface area contributed by atoms with E-state index in [2.05, 4.69) is 12.2 Å². The number of hydrogen-bond acceptors (Lipinski definition) is 1. The summed E-state index contributed by atoms with van der Waals surface area (Å²) in [6.45, 7) is 4.10. The summed E-state index contributed by atoms with van der Waals surface area (Å²) in [5.74, 6) is -0.148. The summed E-state index contributed by atoms with van der Waals surface area (Å²) in [5.41, 5.74) is 2.24. The summed E-state index contributed by atoms with van der Waals surface area (Å²) >= 11 is 0. The molecule has 0 heterocycles. The highest BCUT2D eigenvalue weighted by Gasteiger charge is 2.23. The molecule has 0 aromatic heterocycles. The van der Waals surface area contributed by atoms with E-state index < -0.39 is 0 Å². The van der Waals surface area contributed by atoms with Crippen LogP contribution in [-0.4, -0.2) is 6.04 Å². The smallest absolute Gasteiger partial charge is 0.123 e. The van der Waals surface area contributed by atoms with Gasteiger partial charge in [0.1, 0.15) is 5.82 Å². The molecule has 76 valence electrons. The van der Waals surface area contributed by atoms with Gasteiger partial charge in [-0.25, -0.2) is 4.39 Å². The van der Waals surface area contributed by atoms with Crippen molar-refractivity contribution in [3.8, 4) is 0 Å². The molecule has 1 aliphatic carbocycles. The number of nitrogens with one attached hydrogen (secondary N) is 1. The van der Waals surface area contributed by atoms with Crippen molar-refractivity contribution >= 4 is 0 Å². The van der Waals surface area contributed by atoms with E-state index in [1.54, 1.807) is 6.07 Å². The van der Waals surface area contributed by atoms with Crippen LogP contribution in [0.1, 0.15) is 36.9 Å². The zero-order valence-electron chi connectivity index (χ0n) is 8.68. The van der Waals surface area contributed by atoms with Gasteiger partial charge in [-0.15, -0.1) is 0 Å². The Kier molecular flexibility index (Phi) is 2.55. The van der Waals surface area contributed by atoms with E-state index in [0.717, 1.165) is 5.56 Å². The Hall–Kier alpha value is -0.890. The molecule has 0 radical (unpaired) electrons. The van der Waals surface area contributed by atoms with Crippen LogP contribution in [0.5, 0.6) is 0 Å². The summed E-state index contributed by atoms with van der Waals surface area (Å²) in [6, 6.07) is 6.04. The van der Waals surface area contributed by atoms with Crippen LogP contribution < -0.4 is 5.32 Å². The fourth-order valence-corrected chi connectivity index (χ4v) is 1.82. The first-order chi connectivity index (χ1) is 6.66. The average molecular weight is 193 g/mol. The van der Waals surface area contributed by atoms with Crippen molar-refractivity contribution in [3.05, 3.63) is 35.1 Å². The van der Waals surface area contributed by atoms with E-state index in [1.165, 1.54) is 24.5 Å². The van der Waals surface area contributed by atoms with Crippen LogP contribution in [0.25, 0.3) is 0 Å². The monoisotopic (exact) mass is 193 g/mol. The molecule has 1 unspecified atom stereocenters. The standard InChI is InChI=1S/C12H16FN/c1-8-7-10(13)3-6-12(8)9(2)14-11-4-5-11/h3,6-7,9,11,14H,4-5H2,1-2H3. The molecule has 1 fully saturated rings. The third-order valence-electron chi connectivity index (χ3n) is 2.76. The molecule has 1 saturated carbocycles. The van der Waals surface area contributed by atoms with Gasteiger partial charge < -0.3 is 5.32 Å². The Morgan fingerprint density at radius 1 is 1.43 bits per heavy atom. The maximum Gasteiger partial charge on any atom is 0.123 e. The fraction of sp³-hybridized carbons (Fsp3) is 0.500. The van der Waals surface area contributed by atoms with Gasteiger partial charge in [0.25, 0.3) is 0 Å². The van der Waals surface area contributed by atoms with Gasteiger partial charge in [0.05, 0.1) is 0 Å². The average Bonchev–Trinajstić information content (AvgIpc) is 2.87. The normalized spacial score (nSPS) is 18.2. The quantitative estimate of drug-likeness (QED) is 0.778. The van der Waals surface area contributed by atoms with Crippen LogP contribution in [0.2, 0.25) is 0 Å². The summed E-state index contributed by atoms with van der Waals surface area (Å²) in [5, 5.41) is 3.51. The second-order valence-electron chi connectivity index (χ2n) is 4.16. The van der Waals surface area contributed by atoms with Crippen LogP contribution >= 0.6 is 0 Å². The Bertz CT molecular complexity index is 331. The number of rotatable bonds is 3. The van der Waals surface area contributed by atoms with Gasteiger partial charge in [-0.1, -0.05) is 6.07 Å². The topological polar surface area (TPSA) is 12.0 Å². The Labute approximate surface area is 84.3 Å². The van der Waals surface area contributed by atoms with Gasteiger partial charge in [0, 0.05) is 12.1 Å². The number of hydrogen-bond donors (Lipinski definition) is 1. The molecule has 0 saturated heterocycles. The second-order valence-corrected chi connectivity index (χ2v) is 4.16. The van der Waals surface area contributed by atoms with E-state index in [9.17, 15) is 4.39 Å². The molecular weight excluding hydrogens is 177 g/mol. The first-order valence-electron chi connectivity index (χ1n) is 5.19. The predicted molar refractivity (Wildman–Crippen MR) is 55.7 cm³/mol. The summed E-state index contributed by atoms with van der Waals surface area (Å²) < 4.78 is 12.9. The number of halogens is 1. The van der Waals surface area contributed by atoms with Gasteiger partial charge in [-0.05, 0) is 49.9 Å². The van der Waals surface area contributed by atoms with Crippen molar-refractivity contribution in [2.75, 3.05) is 0 Å². The lowest BCUT2D eigenvalue weighted by molar-refractivity contribution is 0.565. The largest absolute Gasteiger partial charge is 0.307 e. The molecule has 1 N–H and O–H groups in total. The molecule has 0 amide bonds. The first-order valence-corrected chi connectivity index (χ1v) is 5.19. The van der Waals surface area contributed by atoms with Gasteiger partial charge in [-0.3, -0.25) is 0 Å². The van der Waals surface area contributed by atoms with Crippen molar-refractivity contribution in [1.29, 1.82) is 0 Å². The molecule has 14 heavy (non-hydrogen) atoms. The Morgan fingerprint density at radius 3 is 2.71 bits per heavy atom. The van der Waals surface area contributed by atoms with Crippen LogP contribution in [-0.2, 0) is 0 Å². The van der Waals surface area contributed by atoms with Crippen molar-refractivity contribution in [3.63, 3.8) is 0 Å². The SMILES string of the molecule is Cc1cc(F)ccc1C(C)NC1CC1. The molecule has 2 heteroatoms. The highest BCUT2D eigenvalue weighted by molar-refractivity contribution is 5.29. The van der Waals surface area contributed by atoms with Crippen LogP contribution in [0, 0.1) is 12.7 Å². The molecule has 0 aliphatic heterocycles. The number of aryl methyl sites for hydroxylation is 1. The minimum atomic E-state index is -0.148. The molecule has 1 atom stereocenters. The van der Waals surface area contributed by atoms with Crippen LogP contribution in [0.15, 0.2) is 18.2 Å². The third kappa shape index (κ3) is 2.13. The van der Waals surface area contributed by atoms with Crippen molar-refractivity contribution in [2.24, 2.45) is 0 Å². The van der Waals surface area contributed by atoms with Crippen LogP contribution in [0.3, 0.4) is 0 Å². The fourth-order valence-electron chi connectivity index (χ4n) is 1.82. The minimum absolute atomic E-state index is 0.148. The van der Waals surface area contributed by atoms with Crippen molar-refractivity contribution in [2.45, 2.75) is 38.8 Å². The van der Waals surface area contributed by atoms with Crippen molar-refractivity contribution in [1.82, 2.24) is 5.32 Å². The van der Waals surface area contributed by atoms with E-state index in [0.29, 0.717) is 12.1 Å². The minimum Gasteiger partial charge on any atom is -0.307 e. The first kappa shape index (κ1) is 9.66. The van der Waals surface area contributed by atoms with Gasteiger partial charge in [0.15, 0.2) is 0 Å². The predicted octanol–water partition coefficient (Wildman–Crippen LogP) is 2.95. The third-order valence-corrected chi connectivity index (χ3v) is 2.76. The number of benzene rings is 1. The second kappa shape index (κ2) is 3.70. The van der Waals surface area contributed by atoms with Crippen molar-refractivity contribution < 1.29 is 4.39 Å². The molecular formula is C12H16FN. The summed E-state index contributed by atoms with van der Waals surface area (Å²) in [6.07, 6.45) is 2.56. The Balaban J connectivity index is 2.13. The molecule has 1 nitrogen and oxygen atoms in total. The molecule has 1 aliphatic rings. The summed E-state index contributed by atoms with van der Waals surface area (Å²) in [7, 11) is 0. The van der Waals surface area contributed by atoms with Gasteiger partial charge >= 0.3 is 0 Å². The lowest BCUT2D eigenvalue weighted by Gasteiger charge is -2.16. The van der Waals surface area contributed by atoms with E-state index in [1.807, 2.05) is 13.0 Å². The molecule has 0 bridgehead atoms. The molecule has 1 aromatic carbocycles. The summed E-state index contributed by atoms with van der Waals surface area (Å²) in [4.78, 5) is 0. The lowest BCUT2D eigenvalue weighted by Crippen LogP contribution is -2.21. The highest BCUT2D eigenvalue weighted by atomic mass is 19.1. The molecule has 2 rings (SSSR count). The highest BCUT2D eigenvalue weighted by Crippen LogP contribution is 2.25. The molecule has 0 spiro atoms. The zero-order valence-corrected chi connectivity index (χ0v) is 8.68. The Morgan fingerprint density at radius 2 is 2.14 bits per heavy atom. The van der Waals surface area contributed by atoms with E-state index in [4.69, 9.17) is 0 Å². The van der Waals surface area contributed by atoms with Gasteiger partial charge in [0.2, 0.25) is 0 Å². The van der Waals surface area contributed by atoms with E-state index >= 15 is 0 Å². The maximum absolute atomic E-state index is 12.9. The van der Waals surface area contributed by atoms with Gasteiger partial charge in [-0.2, -0.15) is 0 Å². The zero-order chi connectivity index (χ0) is 10.1. The molecule has 1 aromatic rings. The van der Waals surface area contributed by atoms with Crippen LogP contribution in [0.4, 0.5) is 4.39 Å².